The van der Waals surface area contributed by atoms with Crippen LogP contribution in [0, 0.1) is 11.8 Å². The first-order chi connectivity index (χ1) is 12.6. The van der Waals surface area contributed by atoms with E-state index in [-0.39, 0.29) is 28.9 Å². The highest BCUT2D eigenvalue weighted by Crippen LogP contribution is 2.47. The zero-order chi connectivity index (χ0) is 18.1. The molecule has 9 heteroatoms. The van der Waals surface area contributed by atoms with Gasteiger partial charge in [-0.15, -0.1) is 24.0 Å². The third-order valence-corrected chi connectivity index (χ3v) is 7.19. The zero-order valence-electron chi connectivity index (χ0n) is 15.4. The highest BCUT2D eigenvalue weighted by Gasteiger charge is 2.53. The molecule has 1 aromatic rings. The van der Waals surface area contributed by atoms with E-state index >= 15 is 0 Å². The number of rotatable bonds is 5. The Morgan fingerprint density at radius 2 is 1.78 bits per heavy atom. The van der Waals surface area contributed by atoms with Crippen LogP contribution in [0.5, 0.6) is 0 Å². The lowest BCUT2D eigenvalue weighted by atomic mass is 9.82. The van der Waals surface area contributed by atoms with Crippen LogP contribution in [0.4, 0.5) is 0 Å². The molecule has 0 saturated carbocycles. The predicted molar refractivity (Wildman–Crippen MR) is 115 cm³/mol. The van der Waals surface area contributed by atoms with Crippen molar-refractivity contribution in [2.45, 2.75) is 29.9 Å². The number of halogens is 1. The van der Waals surface area contributed by atoms with Crippen LogP contribution in [-0.4, -0.2) is 64.7 Å². The number of nitrogens with one attached hydrogen (secondary N) is 2. The summed E-state index contributed by atoms with van der Waals surface area (Å²) in [6, 6.07) is 8.42. The summed E-state index contributed by atoms with van der Waals surface area (Å²) in [5, 5.41) is 3.28. The van der Waals surface area contributed by atoms with E-state index in [1.807, 2.05) is 0 Å². The number of hydrogen-bond acceptors (Lipinski definition) is 4. The summed E-state index contributed by atoms with van der Waals surface area (Å²) in [5.74, 6) is 2.07. The highest BCUT2D eigenvalue weighted by molar-refractivity contribution is 14.0. The number of ether oxygens (including phenoxy) is 1. The minimum absolute atomic E-state index is 0. The lowest BCUT2D eigenvalue weighted by Crippen LogP contribution is -2.44. The molecule has 3 heterocycles. The number of benzene rings is 1. The molecule has 1 aromatic carbocycles. The third-order valence-electron chi connectivity index (χ3n) is 5.72. The first-order valence-electron chi connectivity index (χ1n) is 9.24. The minimum Gasteiger partial charge on any atom is -0.374 e. The van der Waals surface area contributed by atoms with Gasteiger partial charge in [0.15, 0.2) is 5.96 Å². The van der Waals surface area contributed by atoms with Gasteiger partial charge in [0.2, 0.25) is 10.0 Å². The van der Waals surface area contributed by atoms with Crippen LogP contribution in [-0.2, 0) is 14.8 Å². The van der Waals surface area contributed by atoms with Gasteiger partial charge in [-0.2, -0.15) is 0 Å². The predicted octanol–water partition coefficient (Wildman–Crippen LogP) is 1.27. The van der Waals surface area contributed by atoms with Crippen LogP contribution in [0.1, 0.15) is 12.8 Å². The van der Waals surface area contributed by atoms with Crippen molar-refractivity contribution in [1.82, 2.24) is 14.9 Å². The molecule has 4 unspecified atom stereocenters. The molecule has 4 atom stereocenters. The van der Waals surface area contributed by atoms with Crippen LogP contribution >= 0.6 is 24.0 Å². The number of hydrogen-bond donors (Lipinski definition) is 2. The van der Waals surface area contributed by atoms with Crippen LogP contribution in [0.25, 0.3) is 0 Å². The van der Waals surface area contributed by atoms with Crippen molar-refractivity contribution in [2.75, 3.05) is 33.2 Å². The molecule has 3 aliphatic rings. The van der Waals surface area contributed by atoms with E-state index in [1.165, 1.54) is 12.8 Å². The van der Waals surface area contributed by atoms with Gasteiger partial charge in [0.1, 0.15) is 0 Å². The summed E-state index contributed by atoms with van der Waals surface area (Å²) in [5.41, 5.74) is 0. The van der Waals surface area contributed by atoms with E-state index in [9.17, 15) is 8.42 Å². The van der Waals surface area contributed by atoms with Gasteiger partial charge in [0.05, 0.1) is 17.1 Å². The molecule has 27 heavy (non-hydrogen) atoms. The first kappa shape index (κ1) is 20.8. The number of sulfonamides is 1. The van der Waals surface area contributed by atoms with Crippen LogP contribution in [0.15, 0.2) is 40.2 Å². The summed E-state index contributed by atoms with van der Waals surface area (Å²) >= 11 is 0. The summed E-state index contributed by atoms with van der Waals surface area (Å²) in [6.45, 7) is 2.75. The van der Waals surface area contributed by atoms with Crippen LogP contribution in [0.2, 0.25) is 0 Å². The Kier molecular flexibility index (Phi) is 6.65. The number of fused-ring (bicyclic) bond motifs is 5. The van der Waals surface area contributed by atoms with Crippen molar-refractivity contribution in [3.8, 4) is 0 Å². The Morgan fingerprint density at radius 1 is 1.15 bits per heavy atom. The van der Waals surface area contributed by atoms with Gasteiger partial charge in [0, 0.05) is 45.1 Å². The molecule has 0 amide bonds. The van der Waals surface area contributed by atoms with Crippen molar-refractivity contribution in [3.63, 3.8) is 0 Å². The average Bonchev–Trinajstić information content (AvgIpc) is 3.35. The SMILES string of the molecule is CN=C(NCCNS(=O)(=O)c1ccccc1)N1CC2C3CCC(O3)C2C1.I. The number of guanidine groups is 1. The average molecular weight is 506 g/mol. The van der Waals surface area contributed by atoms with E-state index in [4.69, 9.17) is 4.74 Å². The number of nitrogens with zero attached hydrogens (tertiary/aromatic N) is 2. The molecule has 0 radical (unpaired) electrons. The van der Waals surface area contributed by atoms with E-state index < -0.39 is 10.0 Å². The Labute approximate surface area is 178 Å². The van der Waals surface area contributed by atoms with Gasteiger partial charge in [-0.1, -0.05) is 18.2 Å². The molecule has 0 aromatic heterocycles. The molecule has 150 valence electrons. The van der Waals surface area contributed by atoms with Crippen molar-refractivity contribution in [2.24, 2.45) is 16.8 Å². The largest absolute Gasteiger partial charge is 0.374 e. The molecule has 2 bridgehead atoms. The Morgan fingerprint density at radius 3 is 2.37 bits per heavy atom. The van der Waals surface area contributed by atoms with E-state index in [0.717, 1.165) is 19.0 Å². The topological polar surface area (TPSA) is 83.0 Å². The van der Waals surface area contributed by atoms with Gasteiger partial charge in [-0.3, -0.25) is 4.99 Å². The quantitative estimate of drug-likeness (QED) is 0.272. The maximum atomic E-state index is 12.2. The van der Waals surface area contributed by atoms with E-state index in [0.29, 0.717) is 37.1 Å². The standard InChI is InChI=1S/C18H26N4O3S.HI/c1-19-18(22-11-14-15(12-22)17-8-7-16(14)25-17)20-9-10-21-26(23,24)13-5-3-2-4-6-13;/h2-6,14-17,21H,7-12H2,1H3,(H,19,20);1H. The summed E-state index contributed by atoms with van der Waals surface area (Å²) in [7, 11) is -1.69. The monoisotopic (exact) mass is 506 g/mol. The molecule has 4 rings (SSSR count). The Bertz CT molecular complexity index is 756. The van der Waals surface area contributed by atoms with Gasteiger partial charge in [-0.25, -0.2) is 13.1 Å². The third kappa shape index (κ3) is 4.25. The van der Waals surface area contributed by atoms with E-state index in [1.54, 1.807) is 37.4 Å². The fraction of sp³-hybridized carbons (Fsp3) is 0.611. The van der Waals surface area contributed by atoms with Crippen LogP contribution < -0.4 is 10.0 Å². The smallest absolute Gasteiger partial charge is 0.240 e. The Hall–Kier alpha value is -0.910. The van der Waals surface area contributed by atoms with Crippen molar-refractivity contribution in [3.05, 3.63) is 30.3 Å². The minimum atomic E-state index is -3.46. The first-order valence-corrected chi connectivity index (χ1v) is 10.7. The summed E-state index contributed by atoms with van der Waals surface area (Å²) in [6.07, 6.45) is 3.22. The Balaban J connectivity index is 0.00000210. The second kappa shape index (κ2) is 8.62. The molecule has 0 spiro atoms. The molecule has 7 nitrogen and oxygen atoms in total. The molecule has 2 N–H and O–H groups in total. The fourth-order valence-electron chi connectivity index (χ4n) is 4.51. The lowest BCUT2D eigenvalue weighted by Gasteiger charge is -2.23. The maximum Gasteiger partial charge on any atom is 0.240 e. The van der Waals surface area contributed by atoms with Crippen LogP contribution in [0.3, 0.4) is 0 Å². The zero-order valence-corrected chi connectivity index (χ0v) is 18.5. The van der Waals surface area contributed by atoms with Gasteiger partial charge in [-0.05, 0) is 25.0 Å². The molecule has 0 aliphatic carbocycles. The fourth-order valence-corrected chi connectivity index (χ4v) is 5.56. The van der Waals surface area contributed by atoms with Gasteiger partial charge < -0.3 is 15.0 Å². The molecule has 3 aliphatic heterocycles. The summed E-state index contributed by atoms with van der Waals surface area (Å²) in [4.78, 5) is 6.94. The van der Waals surface area contributed by atoms with Crippen molar-refractivity contribution < 1.29 is 13.2 Å². The second-order valence-corrected chi connectivity index (χ2v) is 8.97. The lowest BCUT2D eigenvalue weighted by molar-refractivity contribution is 0.0767. The normalized spacial score (nSPS) is 29.5. The molecule has 3 saturated heterocycles. The molecular weight excluding hydrogens is 479 g/mol. The number of aliphatic imine (C=N–C) groups is 1. The second-order valence-electron chi connectivity index (χ2n) is 7.21. The summed E-state index contributed by atoms with van der Waals surface area (Å²) < 4.78 is 33.1. The molecule has 3 fully saturated rings. The number of likely N-dealkylation sites (tertiary alicyclic amines) is 1. The molecular formula is C18H27IN4O3S. The maximum absolute atomic E-state index is 12.2. The van der Waals surface area contributed by atoms with Gasteiger partial charge >= 0.3 is 0 Å². The van der Waals surface area contributed by atoms with Crippen molar-refractivity contribution in [1.29, 1.82) is 0 Å². The van der Waals surface area contributed by atoms with E-state index in [2.05, 4.69) is 19.9 Å². The highest BCUT2D eigenvalue weighted by atomic mass is 127. The van der Waals surface area contributed by atoms with Crippen molar-refractivity contribution >= 4 is 40.0 Å². The van der Waals surface area contributed by atoms with Gasteiger partial charge in [0.25, 0.3) is 0 Å².